The zero-order chi connectivity index (χ0) is 12.4. The third-order valence-corrected chi connectivity index (χ3v) is 2.91. The maximum Gasteiger partial charge on any atom is 0.138 e. The molecule has 1 aromatic carbocycles. The predicted octanol–water partition coefficient (Wildman–Crippen LogP) is 2.82. The number of rotatable bonds is 3. The third kappa shape index (κ3) is 2.72. The molecule has 17 heavy (non-hydrogen) atoms. The van der Waals surface area contributed by atoms with E-state index in [2.05, 4.69) is 9.89 Å². The highest BCUT2D eigenvalue weighted by Gasteiger charge is 2.16. The molecule has 0 aliphatic carbocycles. The van der Waals surface area contributed by atoms with Crippen LogP contribution in [0.2, 0.25) is 5.02 Å². The van der Waals surface area contributed by atoms with Crippen LogP contribution in [0.4, 0.5) is 0 Å². The van der Waals surface area contributed by atoms with Gasteiger partial charge >= 0.3 is 0 Å². The first-order valence-electron chi connectivity index (χ1n) is 5.80. The van der Waals surface area contributed by atoms with Gasteiger partial charge in [-0.25, -0.2) is 0 Å². The highest BCUT2D eigenvalue weighted by Crippen LogP contribution is 2.27. The SMILES string of the molecule is CC(C)Oc1ccc(C2=NCCN2C)cc1Cl. The van der Waals surface area contributed by atoms with Gasteiger partial charge in [-0.3, -0.25) is 4.99 Å². The summed E-state index contributed by atoms with van der Waals surface area (Å²) in [5, 5.41) is 0.638. The number of amidine groups is 1. The van der Waals surface area contributed by atoms with Gasteiger partial charge in [-0.1, -0.05) is 11.6 Å². The summed E-state index contributed by atoms with van der Waals surface area (Å²) in [6.07, 6.45) is 0.129. The van der Waals surface area contributed by atoms with Gasteiger partial charge in [0.25, 0.3) is 0 Å². The summed E-state index contributed by atoms with van der Waals surface area (Å²) in [4.78, 5) is 6.60. The van der Waals surface area contributed by atoms with E-state index in [9.17, 15) is 0 Å². The van der Waals surface area contributed by atoms with Gasteiger partial charge in [0, 0.05) is 19.2 Å². The average Bonchev–Trinajstić information content (AvgIpc) is 2.67. The molecule has 0 fully saturated rings. The molecule has 4 heteroatoms. The second kappa shape index (κ2) is 4.96. The zero-order valence-corrected chi connectivity index (χ0v) is 11.2. The second-order valence-electron chi connectivity index (χ2n) is 4.44. The zero-order valence-electron chi connectivity index (χ0n) is 10.4. The summed E-state index contributed by atoms with van der Waals surface area (Å²) < 4.78 is 5.60. The van der Waals surface area contributed by atoms with Gasteiger partial charge < -0.3 is 9.64 Å². The molecule has 92 valence electrons. The fourth-order valence-electron chi connectivity index (χ4n) is 1.83. The third-order valence-electron chi connectivity index (χ3n) is 2.61. The Bertz CT molecular complexity index is 443. The Labute approximate surface area is 107 Å². The summed E-state index contributed by atoms with van der Waals surface area (Å²) in [6.45, 7) is 5.79. The molecule has 0 amide bonds. The fourth-order valence-corrected chi connectivity index (χ4v) is 2.06. The van der Waals surface area contributed by atoms with Crippen LogP contribution in [0.5, 0.6) is 5.75 Å². The molecule has 0 saturated carbocycles. The lowest BCUT2D eigenvalue weighted by Crippen LogP contribution is -2.23. The van der Waals surface area contributed by atoms with Crippen LogP contribution in [0.1, 0.15) is 19.4 Å². The van der Waals surface area contributed by atoms with Crippen molar-refractivity contribution in [1.29, 1.82) is 0 Å². The quantitative estimate of drug-likeness (QED) is 0.827. The molecule has 1 heterocycles. The first-order chi connectivity index (χ1) is 8.08. The highest BCUT2D eigenvalue weighted by molar-refractivity contribution is 6.32. The van der Waals surface area contributed by atoms with Crippen molar-refractivity contribution in [2.75, 3.05) is 20.1 Å². The van der Waals surface area contributed by atoms with Crippen molar-refractivity contribution in [3.63, 3.8) is 0 Å². The van der Waals surface area contributed by atoms with Crippen LogP contribution in [0.3, 0.4) is 0 Å². The molecule has 0 aromatic heterocycles. The van der Waals surface area contributed by atoms with Crippen molar-refractivity contribution in [3.05, 3.63) is 28.8 Å². The van der Waals surface area contributed by atoms with E-state index in [-0.39, 0.29) is 6.10 Å². The summed E-state index contributed by atoms with van der Waals surface area (Å²) in [5.41, 5.74) is 1.05. The molecular weight excluding hydrogens is 236 g/mol. The summed E-state index contributed by atoms with van der Waals surface area (Å²) in [7, 11) is 2.04. The van der Waals surface area contributed by atoms with Gasteiger partial charge in [-0.2, -0.15) is 0 Å². The Morgan fingerprint density at radius 2 is 2.18 bits per heavy atom. The molecule has 1 aliphatic heterocycles. The number of hydrogen-bond donors (Lipinski definition) is 0. The molecule has 0 radical (unpaired) electrons. The summed E-state index contributed by atoms with van der Waals surface area (Å²) in [5.74, 6) is 1.73. The van der Waals surface area contributed by atoms with E-state index in [4.69, 9.17) is 16.3 Å². The minimum atomic E-state index is 0.129. The average molecular weight is 253 g/mol. The summed E-state index contributed by atoms with van der Waals surface area (Å²) >= 11 is 6.20. The Morgan fingerprint density at radius 1 is 1.41 bits per heavy atom. The van der Waals surface area contributed by atoms with Crippen molar-refractivity contribution >= 4 is 17.4 Å². The maximum absolute atomic E-state index is 6.20. The van der Waals surface area contributed by atoms with Crippen LogP contribution in [-0.4, -0.2) is 37.0 Å². The second-order valence-corrected chi connectivity index (χ2v) is 4.85. The van der Waals surface area contributed by atoms with Crippen LogP contribution in [0, 0.1) is 0 Å². The summed E-state index contributed by atoms with van der Waals surface area (Å²) in [6, 6.07) is 5.83. The Hall–Kier alpha value is -1.22. The topological polar surface area (TPSA) is 24.8 Å². The molecular formula is C13H17ClN2O. The Morgan fingerprint density at radius 3 is 2.71 bits per heavy atom. The van der Waals surface area contributed by atoms with E-state index in [1.807, 2.05) is 39.1 Å². The molecule has 1 aromatic rings. The van der Waals surface area contributed by atoms with Crippen molar-refractivity contribution in [3.8, 4) is 5.75 Å². The van der Waals surface area contributed by atoms with Crippen LogP contribution >= 0.6 is 11.6 Å². The lowest BCUT2D eigenvalue weighted by atomic mass is 10.2. The highest BCUT2D eigenvalue weighted by atomic mass is 35.5. The van der Waals surface area contributed by atoms with Gasteiger partial charge in [0.2, 0.25) is 0 Å². The largest absolute Gasteiger partial charge is 0.489 e. The molecule has 0 atom stereocenters. The normalized spacial score (nSPS) is 15.4. The number of hydrogen-bond acceptors (Lipinski definition) is 3. The van der Waals surface area contributed by atoms with Crippen LogP contribution in [-0.2, 0) is 0 Å². The van der Waals surface area contributed by atoms with Crippen molar-refractivity contribution in [1.82, 2.24) is 4.90 Å². The van der Waals surface area contributed by atoms with Crippen molar-refractivity contribution < 1.29 is 4.74 Å². The van der Waals surface area contributed by atoms with Gasteiger partial charge in [0.05, 0.1) is 17.7 Å². The fraction of sp³-hybridized carbons (Fsp3) is 0.462. The predicted molar refractivity (Wildman–Crippen MR) is 71.3 cm³/mol. The Balaban J connectivity index is 2.25. The number of ether oxygens (including phenoxy) is 1. The lowest BCUT2D eigenvalue weighted by Gasteiger charge is -2.16. The number of aliphatic imine (C=N–C) groups is 1. The number of halogens is 1. The van der Waals surface area contributed by atoms with E-state index in [1.54, 1.807) is 0 Å². The van der Waals surface area contributed by atoms with E-state index < -0.39 is 0 Å². The van der Waals surface area contributed by atoms with Crippen LogP contribution in [0.25, 0.3) is 0 Å². The molecule has 0 saturated heterocycles. The van der Waals surface area contributed by atoms with Crippen molar-refractivity contribution in [2.24, 2.45) is 4.99 Å². The minimum absolute atomic E-state index is 0.129. The molecule has 0 N–H and O–H groups in total. The monoisotopic (exact) mass is 252 g/mol. The van der Waals surface area contributed by atoms with E-state index in [1.165, 1.54) is 0 Å². The maximum atomic E-state index is 6.20. The van der Waals surface area contributed by atoms with E-state index in [0.717, 1.165) is 30.2 Å². The van der Waals surface area contributed by atoms with Crippen LogP contribution in [0.15, 0.2) is 23.2 Å². The number of nitrogens with zero attached hydrogens (tertiary/aromatic N) is 2. The van der Waals surface area contributed by atoms with Gasteiger partial charge in [0.15, 0.2) is 0 Å². The first-order valence-corrected chi connectivity index (χ1v) is 6.18. The number of benzene rings is 1. The van der Waals surface area contributed by atoms with Gasteiger partial charge in [-0.15, -0.1) is 0 Å². The molecule has 0 unspecified atom stereocenters. The van der Waals surface area contributed by atoms with Gasteiger partial charge in [-0.05, 0) is 32.0 Å². The molecule has 3 nitrogen and oxygen atoms in total. The Kier molecular flexibility index (Phi) is 3.57. The van der Waals surface area contributed by atoms with E-state index in [0.29, 0.717) is 5.02 Å². The minimum Gasteiger partial charge on any atom is -0.489 e. The van der Waals surface area contributed by atoms with Crippen LogP contribution < -0.4 is 4.74 Å². The molecule has 0 bridgehead atoms. The first kappa shape index (κ1) is 12.2. The lowest BCUT2D eigenvalue weighted by molar-refractivity contribution is 0.242. The molecule has 1 aliphatic rings. The molecule has 0 spiro atoms. The van der Waals surface area contributed by atoms with Gasteiger partial charge in [0.1, 0.15) is 11.6 Å². The van der Waals surface area contributed by atoms with E-state index >= 15 is 0 Å². The molecule has 2 rings (SSSR count). The standard InChI is InChI=1S/C13H17ClN2O/c1-9(2)17-12-5-4-10(8-11(12)14)13-15-6-7-16(13)3/h4-5,8-9H,6-7H2,1-3H3. The smallest absolute Gasteiger partial charge is 0.138 e. The number of likely N-dealkylation sites (N-methyl/N-ethyl adjacent to an activating group) is 1. The van der Waals surface area contributed by atoms with Crippen molar-refractivity contribution in [2.45, 2.75) is 20.0 Å².